The van der Waals surface area contributed by atoms with Crippen LogP contribution in [-0.4, -0.2) is 104 Å². The number of aromatic amines is 1. The van der Waals surface area contributed by atoms with Gasteiger partial charge in [0, 0.05) is 37.1 Å². The highest BCUT2D eigenvalue weighted by Gasteiger charge is 2.18. The van der Waals surface area contributed by atoms with Gasteiger partial charge in [-0.05, 0) is 59.0 Å². The fraction of sp³-hybridized carbons (Fsp3) is 0.333. The molecule has 53 heavy (non-hydrogen) atoms. The summed E-state index contributed by atoms with van der Waals surface area (Å²) < 4.78 is 9.14. The highest BCUT2D eigenvalue weighted by Crippen LogP contribution is 2.36. The lowest BCUT2D eigenvalue weighted by atomic mass is 9.97. The topological polar surface area (TPSA) is 170 Å². The van der Waals surface area contributed by atoms with E-state index in [2.05, 4.69) is 72.9 Å². The van der Waals surface area contributed by atoms with Crippen molar-refractivity contribution in [3.8, 4) is 11.1 Å². The van der Waals surface area contributed by atoms with Gasteiger partial charge >= 0.3 is 12.2 Å². The van der Waals surface area contributed by atoms with Gasteiger partial charge in [0.2, 0.25) is 11.8 Å². The quantitative estimate of drug-likeness (QED) is 0.0958. The average Bonchev–Trinajstić information content (AvgIpc) is 3.60. The molecule has 0 radical (unpaired) electrons. The number of amides is 4. The van der Waals surface area contributed by atoms with Gasteiger partial charge in [-0.3, -0.25) is 14.6 Å². The van der Waals surface area contributed by atoms with Crippen molar-refractivity contribution in [1.82, 2.24) is 30.4 Å². The molecule has 1 aromatic heterocycles. The van der Waals surface area contributed by atoms with Gasteiger partial charge in [0.05, 0.1) is 49.7 Å². The molecule has 0 aliphatic carbocycles. The molecule has 0 spiro atoms. The molecular formula is C39H46N8O6. The van der Waals surface area contributed by atoms with Crippen molar-refractivity contribution in [3.05, 3.63) is 66.5 Å². The van der Waals surface area contributed by atoms with E-state index < -0.39 is 12.2 Å². The van der Waals surface area contributed by atoms with Gasteiger partial charge in [-0.1, -0.05) is 50.2 Å². The van der Waals surface area contributed by atoms with Crippen LogP contribution in [0.25, 0.3) is 43.7 Å². The number of imidazole rings is 1. The zero-order valence-electron chi connectivity index (χ0n) is 30.7. The van der Waals surface area contributed by atoms with Gasteiger partial charge in [0.1, 0.15) is 18.9 Å². The van der Waals surface area contributed by atoms with Crippen LogP contribution in [0.2, 0.25) is 0 Å². The highest BCUT2D eigenvalue weighted by atomic mass is 16.5. The minimum atomic E-state index is -0.651. The normalized spacial score (nSPS) is 11.2. The van der Waals surface area contributed by atoms with Crippen LogP contribution in [-0.2, 0) is 25.6 Å². The first-order chi connectivity index (χ1) is 25.7. The minimum Gasteiger partial charge on any atom is -0.453 e. The van der Waals surface area contributed by atoms with E-state index in [4.69, 9.17) is 9.98 Å². The Morgan fingerprint density at radius 2 is 1.38 bits per heavy atom. The molecule has 0 bridgehead atoms. The van der Waals surface area contributed by atoms with E-state index in [9.17, 15) is 19.2 Å². The predicted molar refractivity (Wildman–Crippen MR) is 208 cm³/mol. The van der Waals surface area contributed by atoms with E-state index in [0.29, 0.717) is 25.5 Å². The number of carbonyl (C=O) groups is 4. The number of ether oxygens (including phenoxy) is 2. The van der Waals surface area contributed by atoms with Gasteiger partial charge in [0.25, 0.3) is 0 Å². The van der Waals surface area contributed by atoms with Crippen molar-refractivity contribution in [2.45, 2.75) is 33.2 Å². The number of methoxy groups -OCH3 is 2. The number of rotatable bonds is 15. The molecule has 0 saturated carbocycles. The Hall–Kier alpha value is -6.18. The number of aromatic nitrogens is 2. The number of hydrogen-bond acceptors (Lipinski definition) is 9. The van der Waals surface area contributed by atoms with E-state index in [0.717, 1.165) is 67.9 Å². The molecule has 0 unspecified atom stereocenters. The van der Waals surface area contributed by atoms with Gasteiger partial charge < -0.3 is 40.2 Å². The van der Waals surface area contributed by atoms with Gasteiger partial charge in [-0.2, -0.15) is 0 Å². The molecule has 4 N–H and O–H groups in total. The smallest absolute Gasteiger partial charge is 0.407 e. The van der Waals surface area contributed by atoms with Gasteiger partial charge in [-0.15, -0.1) is 0 Å². The van der Waals surface area contributed by atoms with Gasteiger partial charge in [0.15, 0.2) is 0 Å². The number of hydrogen-bond donors (Lipinski definition) is 4. The third-order valence-electron chi connectivity index (χ3n) is 8.81. The van der Waals surface area contributed by atoms with Crippen LogP contribution in [0.1, 0.15) is 32.5 Å². The molecule has 4 amide bonds. The molecule has 5 rings (SSSR count). The fourth-order valence-electron chi connectivity index (χ4n) is 6.21. The zero-order valence-corrected chi connectivity index (χ0v) is 30.7. The number of carbonyl (C=O) groups excluding carboxylic acids is 4. The minimum absolute atomic E-state index is 0.145. The molecule has 0 saturated heterocycles. The number of aliphatic imine (C=N–C) groups is 1. The summed E-state index contributed by atoms with van der Waals surface area (Å²) in [6.45, 7) is 5.33. The number of nitrogens with zero attached hydrogens (tertiary/aromatic N) is 4. The monoisotopic (exact) mass is 722 g/mol. The van der Waals surface area contributed by atoms with Crippen molar-refractivity contribution < 1.29 is 28.7 Å². The third kappa shape index (κ3) is 9.19. The van der Waals surface area contributed by atoms with Crippen molar-refractivity contribution >= 4 is 74.2 Å². The Labute approximate surface area is 307 Å². The summed E-state index contributed by atoms with van der Waals surface area (Å²) in [6.07, 6.45) is 1.94. The molecule has 1 heterocycles. The fourth-order valence-corrected chi connectivity index (χ4v) is 6.21. The van der Waals surface area contributed by atoms with Crippen LogP contribution in [0.4, 0.5) is 21.0 Å². The average molecular weight is 723 g/mol. The molecule has 0 atom stereocenters. The Bertz CT molecular complexity index is 2150. The molecule has 0 aliphatic rings. The Morgan fingerprint density at radius 1 is 0.792 bits per heavy atom. The second-order valence-corrected chi connectivity index (χ2v) is 12.4. The zero-order chi connectivity index (χ0) is 37.9. The first-order valence-electron chi connectivity index (χ1n) is 17.6. The Kier molecular flexibility index (Phi) is 12.8. The molecule has 0 aliphatic heterocycles. The standard InChI is InChI=1S/C39H46N8O6/c1-6-17-46(34(48)22-42-38(50)52-4)19-16-41-31-14-10-27-20-25(8-12-29(27)36(31)40-3)26-9-13-30-28(21-26)11-15-32-37(30)45-33(44-32)24-47(18-7-2)35(49)23-43-39(51)53-5/h8-16,20-21,40H,6-7,17-19,22-24H2,1-5H3,(H,42,50)(H,43,51)(H,44,45)/b41-16+. The Morgan fingerprint density at radius 3 is 2.00 bits per heavy atom. The molecule has 14 heteroatoms. The number of H-pyrrole nitrogens is 1. The van der Waals surface area contributed by atoms with Gasteiger partial charge in [-0.25, -0.2) is 14.6 Å². The van der Waals surface area contributed by atoms with Crippen molar-refractivity contribution in [2.24, 2.45) is 4.99 Å². The number of alkyl carbamates (subject to hydrolysis) is 2. The maximum absolute atomic E-state index is 12.8. The SMILES string of the molecule is CCCN(C/C=N/c1ccc2cc(-c3ccc4c(ccc5nc(CN(CCC)C(=O)CNC(=O)OC)[nH]c54)c3)ccc2c1NC)C(=O)CNC(=O)OC. The van der Waals surface area contributed by atoms with Crippen LogP contribution in [0, 0.1) is 0 Å². The summed E-state index contributed by atoms with van der Waals surface area (Å²) in [5.74, 6) is 0.226. The maximum atomic E-state index is 12.8. The van der Waals surface area contributed by atoms with Crippen LogP contribution in [0.3, 0.4) is 0 Å². The van der Waals surface area contributed by atoms with Crippen LogP contribution in [0.5, 0.6) is 0 Å². The predicted octanol–water partition coefficient (Wildman–Crippen LogP) is 5.97. The van der Waals surface area contributed by atoms with E-state index in [-0.39, 0.29) is 31.4 Å². The van der Waals surface area contributed by atoms with E-state index in [1.165, 1.54) is 14.2 Å². The summed E-state index contributed by atoms with van der Waals surface area (Å²) in [7, 11) is 4.37. The molecule has 4 aromatic carbocycles. The second-order valence-electron chi connectivity index (χ2n) is 12.4. The molecule has 0 fully saturated rings. The number of nitrogens with one attached hydrogen (secondary N) is 4. The van der Waals surface area contributed by atoms with E-state index in [1.807, 2.05) is 39.1 Å². The lowest BCUT2D eigenvalue weighted by Gasteiger charge is -2.21. The first-order valence-corrected chi connectivity index (χ1v) is 17.6. The van der Waals surface area contributed by atoms with Crippen molar-refractivity contribution in [2.75, 3.05) is 59.3 Å². The third-order valence-corrected chi connectivity index (χ3v) is 8.81. The largest absolute Gasteiger partial charge is 0.453 e. The summed E-state index contributed by atoms with van der Waals surface area (Å²) >= 11 is 0. The lowest BCUT2D eigenvalue weighted by molar-refractivity contribution is -0.131. The molecule has 5 aromatic rings. The summed E-state index contributed by atoms with van der Waals surface area (Å²) in [5.41, 5.74) is 5.45. The van der Waals surface area contributed by atoms with Crippen LogP contribution >= 0.6 is 0 Å². The summed E-state index contributed by atoms with van der Waals surface area (Å²) in [4.78, 5) is 64.5. The van der Waals surface area contributed by atoms with Crippen molar-refractivity contribution in [1.29, 1.82) is 0 Å². The molecular weight excluding hydrogens is 676 g/mol. The lowest BCUT2D eigenvalue weighted by Crippen LogP contribution is -2.41. The molecule has 278 valence electrons. The van der Waals surface area contributed by atoms with Crippen LogP contribution < -0.4 is 16.0 Å². The number of fused-ring (bicyclic) bond motifs is 4. The van der Waals surface area contributed by atoms with E-state index in [1.54, 1.807) is 16.0 Å². The number of benzene rings is 4. The highest BCUT2D eigenvalue weighted by molar-refractivity contribution is 6.06. The molecule has 14 nitrogen and oxygen atoms in total. The van der Waals surface area contributed by atoms with Crippen LogP contribution in [0.15, 0.2) is 65.7 Å². The summed E-state index contributed by atoms with van der Waals surface area (Å²) in [6, 6.07) is 20.7. The Balaban J connectivity index is 1.34. The second kappa shape index (κ2) is 17.8. The maximum Gasteiger partial charge on any atom is 0.407 e. The van der Waals surface area contributed by atoms with E-state index >= 15 is 0 Å². The van der Waals surface area contributed by atoms with Crippen molar-refractivity contribution in [3.63, 3.8) is 0 Å². The first kappa shape index (κ1) is 38.1. The summed E-state index contributed by atoms with van der Waals surface area (Å²) in [5, 5.41) is 12.3. The number of anilines is 1.